The van der Waals surface area contributed by atoms with Gasteiger partial charge in [-0.25, -0.2) is 4.39 Å². The SMILES string of the molecule is C/C(=C/C(=O)N1CCC(CO)CC1)c1ccc(F)cc1. The van der Waals surface area contributed by atoms with Crippen LogP contribution in [0.15, 0.2) is 30.3 Å². The van der Waals surface area contributed by atoms with Crippen molar-refractivity contribution >= 4 is 11.5 Å². The molecule has 1 aromatic carbocycles. The number of piperidine rings is 1. The summed E-state index contributed by atoms with van der Waals surface area (Å²) in [7, 11) is 0. The van der Waals surface area contributed by atoms with Gasteiger partial charge in [0.2, 0.25) is 5.91 Å². The summed E-state index contributed by atoms with van der Waals surface area (Å²) in [5.74, 6) is 0.0309. The minimum Gasteiger partial charge on any atom is -0.396 e. The van der Waals surface area contributed by atoms with Gasteiger partial charge in [0.15, 0.2) is 0 Å². The molecule has 0 unspecified atom stereocenters. The summed E-state index contributed by atoms with van der Waals surface area (Å²) >= 11 is 0. The molecular weight excluding hydrogens is 257 g/mol. The van der Waals surface area contributed by atoms with Gasteiger partial charge in [-0.05, 0) is 49.0 Å². The van der Waals surface area contributed by atoms with Gasteiger partial charge in [-0.1, -0.05) is 12.1 Å². The van der Waals surface area contributed by atoms with Crippen molar-refractivity contribution in [3.05, 3.63) is 41.7 Å². The Hall–Kier alpha value is -1.68. The number of hydrogen-bond donors (Lipinski definition) is 1. The van der Waals surface area contributed by atoms with E-state index in [0.717, 1.165) is 24.0 Å². The van der Waals surface area contributed by atoms with E-state index in [1.54, 1.807) is 23.1 Å². The van der Waals surface area contributed by atoms with Gasteiger partial charge in [0.25, 0.3) is 0 Å². The van der Waals surface area contributed by atoms with Gasteiger partial charge in [0.1, 0.15) is 5.82 Å². The molecule has 4 heteroatoms. The molecular formula is C16H20FNO2. The van der Waals surface area contributed by atoms with E-state index in [1.807, 2.05) is 6.92 Å². The highest BCUT2D eigenvalue weighted by Gasteiger charge is 2.21. The molecule has 0 saturated carbocycles. The Bertz CT molecular complexity index is 488. The van der Waals surface area contributed by atoms with Crippen molar-refractivity contribution in [2.24, 2.45) is 5.92 Å². The molecule has 1 amide bonds. The van der Waals surface area contributed by atoms with Gasteiger partial charge < -0.3 is 10.0 Å². The van der Waals surface area contributed by atoms with Crippen molar-refractivity contribution in [2.45, 2.75) is 19.8 Å². The third-order valence-electron chi connectivity index (χ3n) is 3.82. The molecule has 0 aliphatic carbocycles. The zero-order chi connectivity index (χ0) is 14.5. The number of amides is 1. The van der Waals surface area contributed by atoms with Crippen LogP contribution in [-0.4, -0.2) is 35.6 Å². The fourth-order valence-corrected chi connectivity index (χ4v) is 2.41. The van der Waals surface area contributed by atoms with E-state index in [-0.39, 0.29) is 18.3 Å². The molecule has 1 aromatic rings. The largest absolute Gasteiger partial charge is 0.396 e. The van der Waals surface area contributed by atoms with Crippen LogP contribution < -0.4 is 0 Å². The molecule has 0 radical (unpaired) electrons. The van der Waals surface area contributed by atoms with Crippen LogP contribution in [0.2, 0.25) is 0 Å². The van der Waals surface area contributed by atoms with Crippen molar-refractivity contribution in [2.75, 3.05) is 19.7 Å². The Morgan fingerprint density at radius 3 is 2.50 bits per heavy atom. The second-order valence-corrected chi connectivity index (χ2v) is 5.29. The van der Waals surface area contributed by atoms with Gasteiger partial charge in [0, 0.05) is 25.8 Å². The minimum atomic E-state index is -0.279. The summed E-state index contributed by atoms with van der Waals surface area (Å²) in [6, 6.07) is 6.13. The zero-order valence-electron chi connectivity index (χ0n) is 11.7. The summed E-state index contributed by atoms with van der Waals surface area (Å²) in [6.45, 7) is 3.44. The average molecular weight is 277 g/mol. The highest BCUT2D eigenvalue weighted by Crippen LogP contribution is 2.19. The Kier molecular flexibility index (Phi) is 4.90. The van der Waals surface area contributed by atoms with E-state index in [1.165, 1.54) is 12.1 Å². The number of carbonyl (C=O) groups excluding carboxylic acids is 1. The Morgan fingerprint density at radius 1 is 1.35 bits per heavy atom. The van der Waals surface area contributed by atoms with Crippen molar-refractivity contribution < 1.29 is 14.3 Å². The molecule has 1 saturated heterocycles. The first kappa shape index (κ1) is 14.7. The van der Waals surface area contributed by atoms with Gasteiger partial charge in [-0.15, -0.1) is 0 Å². The van der Waals surface area contributed by atoms with Crippen molar-refractivity contribution in [3.63, 3.8) is 0 Å². The number of allylic oxidation sites excluding steroid dienone is 1. The van der Waals surface area contributed by atoms with Crippen molar-refractivity contribution in [1.29, 1.82) is 0 Å². The molecule has 2 rings (SSSR count). The van der Waals surface area contributed by atoms with Crippen LogP contribution in [0.25, 0.3) is 5.57 Å². The highest BCUT2D eigenvalue weighted by molar-refractivity contribution is 5.94. The van der Waals surface area contributed by atoms with Crippen LogP contribution in [0, 0.1) is 11.7 Å². The average Bonchev–Trinajstić information content (AvgIpc) is 2.48. The summed E-state index contributed by atoms with van der Waals surface area (Å²) in [5, 5.41) is 9.09. The smallest absolute Gasteiger partial charge is 0.246 e. The molecule has 1 aliphatic rings. The van der Waals surface area contributed by atoms with E-state index >= 15 is 0 Å². The molecule has 0 bridgehead atoms. The van der Waals surface area contributed by atoms with Crippen molar-refractivity contribution in [3.8, 4) is 0 Å². The predicted octanol–water partition coefficient (Wildman–Crippen LogP) is 2.46. The maximum absolute atomic E-state index is 12.9. The van der Waals surface area contributed by atoms with Crippen LogP contribution in [-0.2, 0) is 4.79 Å². The Balaban J connectivity index is 1.99. The van der Waals surface area contributed by atoms with Crippen LogP contribution in [0.3, 0.4) is 0 Å². The van der Waals surface area contributed by atoms with E-state index < -0.39 is 0 Å². The van der Waals surface area contributed by atoms with Crippen molar-refractivity contribution in [1.82, 2.24) is 4.90 Å². The van der Waals surface area contributed by atoms with Crippen LogP contribution in [0.4, 0.5) is 4.39 Å². The first-order valence-corrected chi connectivity index (χ1v) is 6.94. The lowest BCUT2D eigenvalue weighted by Crippen LogP contribution is -2.38. The van der Waals surface area contributed by atoms with E-state index in [9.17, 15) is 9.18 Å². The number of carbonyl (C=O) groups is 1. The zero-order valence-corrected chi connectivity index (χ0v) is 11.7. The number of aliphatic hydroxyl groups excluding tert-OH is 1. The highest BCUT2D eigenvalue weighted by atomic mass is 19.1. The fourth-order valence-electron chi connectivity index (χ4n) is 2.41. The standard InChI is InChI=1S/C16H20FNO2/c1-12(14-2-4-15(17)5-3-14)10-16(20)18-8-6-13(11-19)7-9-18/h2-5,10,13,19H,6-9,11H2,1H3/b12-10-. The third-order valence-corrected chi connectivity index (χ3v) is 3.82. The molecule has 1 heterocycles. The number of likely N-dealkylation sites (tertiary alicyclic amines) is 1. The second-order valence-electron chi connectivity index (χ2n) is 5.29. The van der Waals surface area contributed by atoms with Gasteiger partial charge in [-0.3, -0.25) is 4.79 Å². The summed E-state index contributed by atoms with van der Waals surface area (Å²) < 4.78 is 12.9. The van der Waals surface area contributed by atoms with Gasteiger partial charge >= 0.3 is 0 Å². The molecule has 0 atom stereocenters. The lowest BCUT2D eigenvalue weighted by Gasteiger charge is -2.30. The van der Waals surface area contributed by atoms with E-state index in [0.29, 0.717) is 19.0 Å². The predicted molar refractivity (Wildman–Crippen MR) is 76.4 cm³/mol. The third kappa shape index (κ3) is 3.67. The monoisotopic (exact) mass is 277 g/mol. The van der Waals surface area contributed by atoms with Crippen LogP contribution in [0.5, 0.6) is 0 Å². The summed E-state index contributed by atoms with van der Waals surface area (Å²) in [6.07, 6.45) is 3.31. The molecule has 108 valence electrons. The maximum Gasteiger partial charge on any atom is 0.246 e. The number of nitrogens with zero attached hydrogens (tertiary/aromatic N) is 1. The lowest BCUT2D eigenvalue weighted by atomic mass is 9.97. The number of halogens is 1. The molecule has 3 nitrogen and oxygen atoms in total. The number of benzene rings is 1. The maximum atomic E-state index is 12.9. The topological polar surface area (TPSA) is 40.5 Å². The summed E-state index contributed by atoms with van der Waals surface area (Å²) in [5.41, 5.74) is 1.68. The number of hydrogen-bond acceptors (Lipinski definition) is 2. The van der Waals surface area contributed by atoms with E-state index in [4.69, 9.17) is 5.11 Å². The molecule has 1 fully saturated rings. The lowest BCUT2D eigenvalue weighted by molar-refractivity contribution is -0.127. The first-order chi connectivity index (χ1) is 9.60. The van der Waals surface area contributed by atoms with Crippen LogP contribution >= 0.6 is 0 Å². The van der Waals surface area contributed by atoms with Crippen LogP contribution in [0.1, 0.15) is 25.3 Å². The molecule has 20 heavy (non-hydrogen) atoms. The number of rotatable bonds is 3. The molecule has 0 aromatic heterocycles. The number of aliphatic hydroxyl groups is 1. The second kappa shape index (κ2) is 6.66. The fraction of sp³-hybridized carbons (Fsp3) is 0.438. The minimum absolute atomic E-state index is 0.0109. The molecule has 1 aliphatic heterocycles. The van der Waals surface area contributed by atoms with Gasteiger partial charge in [0.05, 0.1) is 0 Å². The molecule has 1 N–H and O–H groups in total. The summed E-state index contributed by atoms with van der Waals surface area (Å²) in [4.78, 5) is 14.0. The quantitative estimate of drug-likeness (QED) is 0.862. The Morgan fingerprint density at radius 2 is 1.95 bits per heavy atom. The van der Waals surface area contributed by atoms with E-state index in [2.05, 4.69) is 0 Å². The van der Waals surface area contributed by atoms with Gasteiger partial charge in [-0.2, -0.15) is 0 Å². The normalized spacial score (nSPS) is 17.4. The molecule has 0 spiro atoms. The Labute approximate surface area is 118 Å². The first-order valence-electron chi connectivity index (χ1n) is 6.94.